The molecule has 1 aliphatic heterocycles. The molecule has 0 atom stereocenters. The summed E-state index contributed by atoms with van der Waals surface area (Å²) >= 11 is 6.00. The Kier molecular flexibility index (Phi) is 5.41. The third kappa shape index (κ3) is 4.08. The zero-order valence-corrected chi connectivity index (χ0v) is 15.9. The fraction of sp³-hybridized carbons (Fsp3) is 0.286. The summed E-state index contributed by atoms with van der Waals surface area (Å²) in [6.07, 6.45) is 5.03. The number of piperidine rings is 1. The molecule has 0 saturated carbocycles. The van der Waals surface area contributed by atoms with E-state index in [9.17, 15) is 9.59 Å². The number of benzene rings is 1. The van der Waals surface area contributed by atoms with Crippen LogP contribution in [0.5, 0.6) is 0 Å². The molecule has 0 N–H and O–H groups in total. The smallest absolute Gasteiger partial charge is 0.349 e. The lowest BCUT2D eigenvalue weighted by Crippen LogP contribution is -2.42. The molecule has 0 radical (unpaired) electrons. The maximum absolute atomic E-state index is 12.8. The van der Waals surface area contributed by atoms with Crippen molar-refractivity contribution in [2.75, 3.05) is 13.1 Å². The molecule has 1 amide bonds. The van der Waals surface area contributed by atoms with Gasteiger partial charge in [-0.05, 0) is 48.7 Å². The van der Waals surface area contributed by atoms with E-state index in [1.165, 1.54) is 0 Å². The number of nitrogens with zero attached hydrogens (tertiary/aromatic N) is 2. The fourth-order valence-electron chi connectivity index (χ4n) is 3.34. The van der Waals surface area contributed by atoms with Crippen molar-refractivity contribution in [2.45, 2.75) is 25.6 Å². The Hall–Kier alpha value is -2.70. The second-order valence-corrected chi connectivity index (χ2v) is 7.23. The van der Waals surface area contributed by atoms with Crippen molar-refractivity contribution in [2.24, 2.45) is 0 Å². The molecule has 28 heavy (non-hydrogen) atoms. The number of likely N-dealkylation sites (tertiary alicyclic amines) is 1. The summed E-state index contributed by atoms with van der Waals surface area (Å²) in [5, 5.41) is 1.15. The number of fused-ring (bicyclic) bond motifs is 1. The normalized spacial score (nSPS) is 15.1. The van der Waals surface area contributed by atoms with Gasteiger partial charge in [0, 0.05) is 35.9 Å². The number of hydrogen-bond acceptors (Lipinski definition) is 5. The van der Waals surface area contributed by atoms with Gasteiger partial charge in [0.25, 0.3) is 5.91 Å². The largest absolute Gasteiger partial charge is 0.422 e. The van der Waals surface area contributed by atoms with Crippen LogP contribution in [0.1, 0.15) is 28.8 Å². The van der Waals surface area contributed by atoms with Crippen molar-refractivity contribution in [3.63, 3.8) is 0 Å². The van der Waals surface area contributed by atoms with E-state index in [-0.39, 0.29) is 17.6 Å². The molecule has 1 aliphatic rings. The van der Waals surface area contributed by atoms with E-state index in [0.717, 1.165) is 18.4 Å². The van der Waals surface area contributed by atoms with Gasteiger partial charge in [-0.3, -0.25) is 9.78 Å². The van der Waals surface area contributed by atoms with Gasteiger partial charge in [0.1, 0.15) is 11.1 Å². The highest BCUT2D eigenvalue weighted by molar-refractivity contribution is 6.31. The van der Waals surface area contributed by atoms with Gasteiger partial charge >= 0.3 is 5.63 Å². The number of amides is 1. The van der Waals surface area contributed by atoms with Crippen LogP contribution in [-0.2, 0) is 11.3 Å². The van der Waals surface area contributed by atoms with Gasteiger partial charge in [0.15, 0.2) is 0 Å². The highest BCUT2D eigenvalue weighted by Crippen LogP contribution is 2.21. The van der Waals surface area contributed by atoms with E-state index in [4.69, 9.17) is 20.8 Å². The van der Waals surface area contributed by atoms with Crippen LogP contribution in [0.4, 0.5) is 0 Å². The lowest BCUT2D eigenvalue weighted by atomic mass is 10.1. The summed E-state index contributed by atoms with van der Waals surface area (Å²) in [6.45, 7) is 1.56. The van der Waals surface area contributed by atoms with Crippen LogP contribution < -0.4 is 5.63 Å². The molecular formula is C21H19ClN2O4. The Balaban J connectivity index is 1.40. The molecule has 1 saturated heterocycles. The first-order valence-corrected chi connectivity index (χ1v) is 9.51. The summed E-state index contributed by atoms with van der Waals surface area (Å²) < 4.78 is 11.2. The topological polar surface area (TPSA) is 72.6 Å². The number of halogens is 1. The summed E-state index contributed by atoms with van der Waals surface area (Å²) in [6, 6.07) is 10.3. The van der Waals surface area contributed by atoms with Crippen LogP contribution in [0.25, 0.3) is 11.0 Å². The van der Waals surface area contributed by atoms with Crippen LogP contribution in [0.3, 0.4) is 0 Å². The minimum Gasteiger partial charge on any atom is -0.422 e. The van der Waals surface area contributed by atoms with Crippen molar-refractivity contribution >= 4 is 28.5 Å². The molecule has 3 aromatic rings. The maximum Gasteiger partial charge on any atom is 0.349 e. The van der Waals surface area contributed by atoms with Gasteiger partial charge in [-0.2, -0.15) is 0 Å². The second-order valence-electron chi connectivity index (χ2n) is 6.79. The quantitative estimate of drug-likeness (QED) is 0.627. The standard InChI is InChI=1S/C21H19ClN2O4/c22-16-3-4-19-15(10-16)11-18(21(26)28-19)20(25)24-8-5-17(6-9-24)27-13-14-2-1-7-23-12-14/h1-4,7,10-12,17H,5-6,8-9,13H2. The van der Waals surface area contributed by atoms with Crippen molar-refractivity contribution in [1.82, 2.24) is 9.88 Å². The predicted octanol–water partition coefficient (Wildman–Crippen LogP) is 3.66. The average molecular weight is 399 g/mol. The third-order valence-corrected chi connectivity index (χ3v) is 5.10. The Morgan fingerprint density at radius 3 is 2.82 bits per heavy atom. The van der Waals surface area contributed by atoms with Crippen molar-refractivity contribution < 1.29 is 13.9 Å². The molecule has 4 rings (SSSR count). The van der Waals surface area contributed by atoms with Gasteiger partial charge in [-0.1, -0.05) is 17.7 Å². The van der Waals surface area contributed by atoms with Gasteiger partial charge < -0.3 is 14.1 Å². The molecule has 0 unspecified atom stereocenters. The van der Waals surface area contributed by atoms with E-state index >= 15 is 0 Å². The van der Waals surface area contributed by atoms with Crippen LogP contribution >= 0.6 is 11.6 Å². The average Bonchev–Trinajstić information content (AvgIpc) is 2.73. The lowest BCUT2D eigenvalue weighted by Gasteiger charge is -2.31. The molecular weight excluding hydrogens is 380 g/mol. The van der Waals surface area contributed by atoms with Gasteiger partial charge in [0.05, 0.1) is 12.7 Å². The molecule has 1 aromatic carbocycles. The van der Waals surface area contributed by atoms with Crippen LogP contribution in [0.2, 0.25) is 5.02 Å². The van der Waals surface area contributed by atoms with E-state index in [1.54, 1.807) is 41.6 Å². The first-order chi connectivity index (χ1) is 13.6. The van der Waals surface area contributed by atoms with Crippen LogP contribution in [0, 0.1) is 0 Å². The first kappa shape index (κ1) is 18.7. The Morgan fingerprint density at radius 1 is 1.25 bits per heavy atom. The maximum atomic E-state index is 12.8. The Bertz CT molecular complexity index is 1040. The molecule has 0 spiro atoms. The predicted molar refractivity (Wildman–Crippen MR) is 105 cm³/mol. The summed E-state index contributed by atoms with van der Waals surface area (Å²) in [4.78, 5) is 30.8. The molecule has 2 aromatic heterocycles. The van der Waals surface area contributed by atoms with Gasteiger partial charge in [-0.25, -0.2) is 4.79 Å². The highest BCUT2D eigenvalue weighted by Gasteiger charge is 2.26. The third-order valence-electron chi connectivity index (χ3n) is 4.86. The molecule has 7 heteroatoms. The number of ether oxygens (including phenoxy) is 1. The van der Waals surface area contributed by atoms with Gasteiger partial charge in [-0.15, -0.1) is 0 Å². The summed E-state index contributed by atoms with van der Waals surface area (Å²) in [5.74, 6) is -0.318. The van der Waals surface area contributed by atoms with E-state index < -0.39 is 5.63 Å². The van der Waals surface area contributed by atoms with Gasteiger partial charge in [0.2, 0.25) is 0 Å². The molecule has 0 aliphatic carbocycles. The zero-order valence-electron chi connectivity index (χ0n) is 15.1. The molecule has 144 valence electrons. The summed E-state index contributed by atoms with van der Waals surface area (Å²) in [7, 11) is 0. The number of aromatic nitrogens is 1. The fourth-order valence-corrected chi connectivity index (χ4v) is 3.52. The molecule has 3 heterocycles. The minimum absolute atomic E-state index is 0.0319. The zero-order chi connectivity index (χ0) is 19.5. The van der Waals surface area contributed by atoms with Crippen LogP contribution in [-0.4, -0.2) is 35.0 Å². The lowest BCUT2D eigenvalue weighted by molar-refractivity contribution is -0.000545. The second kappa shape index (κ2) is 8.12. The molecule has 1 fully saturated rings. The monoisotopic (exact) mass is 398 g/mol. The first-order valence-electron chi connectivity index (χ1n) is 9.13. The number of carbonyl (C=O) groups is 1. The Labute approximate surface area is 166 Å². The van der Waals surface area contributed by atoms with Crippen molar-refractivity contribution in [1.29, 1.82) is 0 Å². The van der Waals surface area contributed by atoms with E-state index in [2.05, 4.69) is 4.98 Å². The number of pyridine rings is 1. The summed E-state index contributed by atoms with van der Waals surface area (Å²) in [5.41, 5.74) is 0.834. The number of hydrogen-bond donors (Lipinski definition) is 0. The molecule has 0 bridgehead atoms. The SMILES string of the molecule is O=C(c1cc2cc(Cl)ccc2oc1=O)N1CCC(OCc2cccnc2)CC1. The van der Waals surface area contributed by atoms with Crippen molar-refractivity contribution in [3.05, 3.63) is 75.4 Å². The van der Waals surface area contributed by atoms with E-state index in [0.29, 0.717) is 35.7 Å². The van der Waals surface area contributed by atoms with Crippen molar-refractivity contribution in [3.8, 4) is 0 Å². The number of carbonyl (C=O) groups excluding carboxylic acids is 1. The highest BCUT2D eigenvalue weighted by atomic mass is 35.5. The van der Waals surface area contributed by atoms with Crippen LogP contribution in [0.15, 0.2) is 58.0 Å². The minimum atomic E-state index is -0.630. The number of rotatable bonds is 4. The van der Waals surface area contributed by atoms with E-state index in [1.807, 2.05) is 12.1 Å². The molecule has 6 nitrogen and oxygen atoms in total. The Morgan fingerprint density at radius 2 is 2.07 bits per heavy atom.